The van der Waals surface area contributed by atoms with Gasteiger partial charge in [0.2, 0.25) is 11.9 Å². The average molecular weight is 509 g/mol. The number of hydrogen-bond donors (Lipinski definition) is 4. The van der Waals surface area contributed by atoms with Crippen molar-refractivity contribution in [1.29, 1.82) is 0 Å². The van der Waals surface area contributed by atoms with Crippen LogP contribution in [0.5, 0.6) is 0 Å². The Morgan fingerprint density at radius 3 is 2.71 bits per heavy atom. The van der Waals surface area contributed by atoms with Crippen molar-refractivity contribution >= 4 is 39.8 Å². The molecule has 0 bridgehead atoms. The summed E-state index contributed by atoms with van der Waals surface area (Å²) in [5.41, 5.74) is 4.98. The maximum absolute atomic E-state index is 12.3. The molecule has 2 aromatic carbocycles. The molecule has 0 aliphatic carbocycles. The summed E-state index contributed by atoms with van der Waals surface area (Å²) in [5, 5.41) is 14.0. The van der Waals surface area contributed by atoms with Crippen LogP contribution in [0.3, 0.4) is 0 Å². The lowest BCUT2D eigenvalue weighted by atomic mass is 10.1. The molecule has 2 aromatic heterocycles. The summed E-state index contributed by atoms with van der Waals surface area (Å²) in [6.45, 7) is 2.74. The molecule has 0 spiro atoms. The Bertz CT molecular complexity index is 1430. The van der Waals surface area contributed by atoms with E-state index in [1.165, 1.54) is 0 Å². The molecular weight excluding hydrogens is 476 g/mol. The van der Waals surface area contributed by atoms with Crippen molar-refractivity contribution in [3.63, 3.8) is 0 Å². The minimum atomic E-state index is -0.176. The topological polar surface area (TPSA) is 107 Å². The van der Waals surface area contributed by atoms with Crippen LogP contribution in [0.4, 0.5) is 23.0 Å². The van der Waals surface area contributed by atoms with Gasteiger partial charge in [0, 0.05) is 65.6 Å². The van der Waals surface area contributed by atoms with Gasteiger partial charge in [0.05, 0.1) is 5.69 Å². The summed E-state index contributed by atoms with van der Waals surface area (Å²) in [7, 11) is 3.91. The first kappa shape index (κ1) is 25.3. The summed E-state index contributed by atoms with van der Waals surface area (Å²) in [6, 6.07) is 18.1. The quantitative estimate of drug-likeness (QED) is 0.249. The van der Waals surface area contributed by atoms with Crippen molar-refractivity contribution in [2.45, 2.75) is 12.5 Å². The molecule has 1 atom stereocenters. The van der Waals surface area contributed by atoms with E-state index in [-0.39, 0.29) is 5.91 Å². The lowest BCUT2D eigenvalue weighted by molar-refractivity contribution is -0.111. The lowest BCUT2D eigenvalue weighted by Crippen LogP contribution is -2.21. The summed E-state index contributed by atoms with van der Waals surface area (Å²) >= 11 is 0. The van der Waals surface area contributed by atoms with Crippen LogP contribution < -0.4 is 21.3 Å². The Morgan fingerprint density at radius 1 is 1.08 bits per heavy atom. The number of carbonyl (C=O) groups is 1. The van der Waals surface area contributed by atoms with Gasteiger partial charge in [0.1, 0.15) is 5.52 Å². The number of rotatable bonds is 9. The maximum atomic E-state index is 12.3. The van der Waals surface area contributed by atoms with Gasteiger partial charge in [-0.25, -0.2) is 9.97 Å². The van der Waals surface area contributed by atoms with Crippen molar-refractivity contribution in [3.05, 3.63) is 79.1 Å². The van der Waals surface area contributed by atoms with Crippen LogP contribution in [0.15, 0.2) is 79.1 Å². The third-order valence-electron chi connectivity index (χ3n) is 6.21. The molecule has 9 nitrogen and oxygen atoms in total. The number of carbonyl (C=O) groups excluding carboxylic acids is 1. The highest BCUT2D eigenvalue weighted by atomic mass is 16.1. The molecule has 1 amide bonds. The third kappa shape index (κ3) is 6.50. The Hall–Kier alpha value is -4.34. The standard InChI is InChI=1S/C29H32N8O/c1-37(2)16-4-7-26(38)34-24-6-3-5-20(17-24)27-28-21(12-15-31-27)18-32-29(36-28)35-23-10-8-22(9-11-23)33-25-13-14-30-19-25/h3-12,15,17-18,25,30,33H,13-14,16,19H2,1-2H3,(H,34,38)(H,32,35,36). The van der Waals surface area contributed by atoms with E-state index in [1.807, 2.05) is 67.5 Å². The second-order valence-corrected chi connectivity index (χ2v) is 9.56. The summed E-state index contributed by atoms with van der Waals surface area (Å²) in [4.78, 5) is 28.2. The van der Waals surface area contributed by atoms with Crippen LogP contribution >= 0.6 is 0 Å². The molecule has 1 saturated heterocycles. The van der Waals surface area contributed by atoms with Crippen LogP contribution in [0.1, 0.15) is 6.42 Å². The van der Waals surface area contributed by atoms with Gasteiger partial charge in [-0.05, 0) is 69.5 Å². The Balaban J connectivity index is 1.33. The number of aromatic nitrogens is 3. The van der Waals surface area contributed by atoms with Crippen molar-refractivity contribution in [2.75, 3.05) is 49.7 Å². The zero-order chi connectivity index (χ0) is 26.3. The zero-order valence-electron chi connectivity index (χ0n) is 21.6. The van der Waals surface area contributed by atoms with Crippen LogP contribution in [-0.4, -0.2) is 65.5 Å². The smallest absolute Gasteiger partial charge is 0.248 e. The average Bonchev–Trinajstić information content (AvgIpc) is 3.42. The second-order valence-electron chi connectivity index (χ2n) is 9.56. The molecule has 194 valence electrons. The predicted molar refractivity (Wildman–Crippen MR) is 154 cm³/mol. The molecule has 1 fully saturated rings. The van der Waals surface area contributed by atoms with Gasteiger partial charge in [-0.1, -0.05) is 18.2 Å². The molecule has 1 aliphatic rings. The minimum Gasteiger partial charge on any atom is -0.381 e. The first-order valence-corrected chi connectivity index (χ1v) is 12.7. The molecule has 0 radical (unpaired) electrons. The van der Waals surface area contributed by atoms with Crippen LogP contribution in [0.2, 0.25) is 0 Å². The molecule has 1 aliphatic heterocycles. The fourth-order valence-corrected chi connectivity index (χ4v) is 4.32. The zero-order valence-corrected chi connectivity index (χ0v) is 21.6. The Labute approximate surface area is 222 Å². The van der Waals surface area contributed by atoms with Crippen molar-refractivity contribution in [3.8, 4) is 11.3 Å². The fraction of sp³-hybridized carbons (Fsp3) is 0.241. The van der Waals surface area contributed by atoms with Gasteiger partial charge >= 0.3 is 0 Å². The molecule has 4 aromatic rings. The van der Waals surface area contributed by atoms with E-state index < -0.39 is 0 Å². The van der Waals surface area contributed by atoms with E-state index in [1.54, 1.807) is 18.5 Å². The number of fused-ring (bicyclic) bond motifs is 1. The Kier molecular flexibility index (Phi) is 7.86. The highest BCUT2D eigenvalue weighted by Gasteiger charge is 2.14. The highest BCUT2D eigenvalue weighted by molar-refractivity contribution is 6.00. The van der Waals surface area contributed by atoms with Gasteiger partial charge in [-0.2, -0.15) is 0 Å². The minimum absolute atomic E-state index is 0.176. The van der Waals surface area contributed by atoms with Gasteiger partial charge in [-0.3, -0.25) is 9.78 Å². The first-order chi connectivity index (χ1) is 18.5. The largest absolute Gasteiger partial charge is 0.381 e. The molecule has 1 unspecified atom stereocenters. The number of nitrogens with zero attached hydrogens (tertiary/aromatic N) is 4. The van der Waals surface area contributed by atoms with E-state index in [2.05, 4.69) is 43.4 Å². The summed E-state index contributed by atoms with van der Waals surface area (Å²) < 4.78 is 0. The van der Waals surface area contributed by atoms with Gasteiger partial charge in [0.25, 0.3) is 0 Å². The van der Waals surface area contributed by atoms with E-state index in [0.29, 0.717) is 24.2 Å². The molecule has 38 heavy (non-hydrogen) atoms. The number of likely N-dealkylation sites (N-methyl/N-ethyl adjacent to an activating group) is 1. The number of nitrogens with one attached hydrogen (secondary N) is 4. The van der Waals surface area contributed by atoms with Gasteiger partial charge in [-0.15, -0.1) is 0 Å². The van der Waals surface area contributed by atoms with Crippen LogP contribution in [-0.2, 0) is 4.79 Å². The maximum Gasteiger partial charge on any atom is 0.248 e. The van der Waals surface area contributed by atoms with Crippen LogP contribution in [0, 0.1) is 0 Å². The number of anilines is 4. The number of pyridine rings is 1. The number of amides is 1. The van der Waals surface area contributed by atoms with E-state index in [4.69, 9.17) is 4.98 Å². The van der Waals surface area contributed by atoms with Crippen LogP contribution in [0.25, 0.3) is 22.2 Å². The molecule has 5 rings (SSSR count). The number of hydrogen-bond acceptors (Lipinski definition) is 8. The Morgan fingerprint density at radius 2 is 1.92 bits per heavy atom. The second kappa shape index (κ2) is 11.8. The van der Waals surface area contributed by atoms with E-state index in [9.17, 15) is 4.79 Å². The SMILES string of the molecule is CN(C)CC=CC(=O)Nc1cccc(-c2nccc3cnc(Nc4ccc(NC5CCNC5)cc4)nc23)c1. The molecule has 0 saturated carbocycles. The van der Waals surface area contributed by atoms with Crippen molar-refractivity contribution in [2.24, 2.45) is 0 Å². The number of benzene rings is 2. The normalized spacial score (nSPS) is 15.3. The summed E-state index contributed by atoms with van der Waals surface area (Å²) in [5.74, 6) is 0.313. The van der Waals surface area contributed by atoms with Gasteiger partial charge < -0.3 is 26.2 Å². The van der Waals surface area contributed by atoms with E-state index >= 15 is 0 Å². The predicted octanol–water partition coefficient (Wildman–Crippen LogP) is 4.27. The molecule has 4 N–H and O–H groups in total. The van der Waals surface area contributed by atoms with Gasteiger partial charge in [0.15, 0.2) is 0 Å². The molecule has 9 heteroatoms. The first-order valence-electron chi connectivity index (χ1n) is 12.7. The lowest BCUT2D eigenvalue weighted by Gasteiger charge is -2.13. The van der Waals surface area contributed by atoms with Crippen molar-refractivity contribution < 1.29 is 4.79 Å². The summed E-state index contributed by atoms with van der Waals surface area (Å²) in [6.07, 6.45) is 8.04. The van der Waals surface area contributed by atoms with E-state index in [0.717, 1.165) is 53.0 Å². The van der Waals surface area contributed by atoms with Crippen molar-refractivity contribution in [1.82, 2.24) is 25.2 Å². The molecular formula is C29H32N8O. The third-order valence-corrected chi connectivity index (χ3v) is 6.21. The monoisotopic (exact) mass is 508 g/mol. The molecule has 3 heterocycles. The highest BCUT2D eigenvalue weighted by Crippen LogP contribution is 2.28. The fourth-order valence-electron chi connectivity index (χ4n) is 4.32.